The molecule has 0 aromatic heterocycles. The molecule has 0 aromatic rings. The van der Waals surface area contributed by atoms with Crippen LogP contribution in [0.4, 0.5) is 0 Å². The Bertz CT molecular complexity index is 85.3. The first-order valence-electron chi connectivity index (χ1n) is 1.67. The van der Waals surface area contributed by atoms with Crippen molar-refractivity contribution in [2.75, 3.05) is 6.52 Å². The normalized spacial score (nSPS) is 14.4. The van der Waals surface area contributed by atoms with E-state index < -0.39 is 6.52 Å². The molecule has 1 radical (unpaired) electrons. The van der Waals surface area contributed by atoms with Crippen molar-refractivity contribution in [3.8, 4) is 12.3 Å². The minimum absolute atomic E-state index is 0.884. The molecule has 0 heterocycles. The molecule has 0 aliphatic rings. The zero-order valence-corrected chi connectivity index (χ0v) is 2.68. The van der Waals surface area contributed by atoms with Gasteiger partial charge >= 0.3 is 32.8 Å². The van der Waals surface area contributed by atoms with Gasteiger partial charge in [-0.3, -0.25) is 0 Å². The Morgan fingerprint density at radius 3 is 3.00 bits per heavy atom. The second-order valence-electron chi connectivity index (χ2n) is 0.445. The molecule has 0 aliphatic carbocycles. The van der Waals surface area contributed by atoms with Crippen molar-refractivity contribution in [2.24, 2.45) is 4.90 Å². The van der Waals surface area contributed by atoms with Crippen molar-refractivity contribution in [1.82, 2.24) is 0 Å². The predicted molar refractivity (Wildman–Crippen MR) is 21.9 cm³/mol. The van der Waals surface area contributed by atoms with Gasteiger partial charge in [0.1, 0.15) is 0 Å². The number of nitrogens with zero attached hydrogens (tertiary/aromatic N) is 1. The van der Waals surface area contributed by atoms with Gasteiger partial charge in [0, 0.05) is 0 Å². The molecule has 5 heavy (non-hydrogen) atoms. The van der Waals surface area contributed by atoms with Crippen LogP contribution in [0.15, 0.2) is 4.90 Å². The van der Waals surface area contributed by atoms with Crippen LogP contribution in [0.1, 0.15) is 1.37 Å². The van der Waals surface area contributed by atoms with Gasteiger partial charge in [-0.15, -0.1) is 0 Å². The summed E-state index contributed by atoms with van der Waals surface area (Å²) in [7, 11) is 4.58. The molecule has 1 atom stereocenters. The Hall–Kier alpha value is -0.575. The van der Waals surface area contributed by atoms with Crippen molar-refractivity contribution in [3.63, 3.8) is 0 Å². The van der Waals surface area contributed by atoms with Crippen molar-refractivity contribution >= 4 is 7.64 Å². The summed E-state index contributed by atoms with van der Waals surface area (Å²) in [6, 6.07) is 0. The molecule has 0 saturated carbocycles. The van der Waals surface area contributed by atoms with Gasteiger partial charge in [-0.1, -0.05) is 0 Å². The fourth-order valence-electron chi connectivity index (χ4n) is 0.0430. The van der Waals surface area contributed by atoms with Gasteiger partial charge < -0.3 is 0 Å². The van der Waals surface area contributed by atoms with Gasteiger partial charge in [0.25, 0.3) is 0 Å². The average Bonchev–Trinajstić information content (AvgIpc) is 1.65. The Morgan fingerprint density at radius 2 is 3.00 bits per heavy atom. The van der Waals surface area contributed by atoms with Crippen LogP contribution in [0, 0.1) is 12.3 Å². The van der Waals surface area contributed by atoms with E-state index in [-0.39, 0.29) is 0 Å². The first-order chi connectivity index (χ1) is 2.81. The molecule has 0 aromatic carbocycles. The summed E-state index contributed by atoms with van der Waals surface area (Å²) in [4.78, 5) is 2.94. The van der Waals surface area contributed by atoms with Gasteiger partial charge in [-0.2, -0.15) is 0 Å². The zero-order chi connectivity index (χ0) is 4.99. The van der Waals surface area contributed by atoms with Gasteiger partial charge in [0.15, 0.2) is 0 Å². The summed E-state index contributed by atoms with van der Waals surface area (Å²) in [5.41, 5.74) is 0. The van der Waals surface area contributed by atoms with Crippen molar-refractivity contribution in [2.45, 2.75) is 0 Å². The van der Waals surface area contributed by atoms with E-state index in [2.05, 4.69) is 19.0 Å². The fourth-order valence-corrected chi connectivity index (χ4v) is 0.0430. The number of hydrogen-bond donors (Lipinski definition) is 0. The molecule has 0 amide bonds. The molecule has 0 N–H and O–H groups in total. The Morgan fingerprint density at radius 1 is 2.40 bits per heavy atom. The second-order valence-corrected chi connectivity index (χ2v) is 0.445. The average molecular weight is 64.9 g/mol. The Labute approximate surface area is 33.9 Å². The van der Waals surface area contributed by atoms with Crippen LogP contribution >= 0.6 is 0 Å². The van der Waals surface area contributed by atoms with Crippen LogP contribution in [0.5, 0.6) is 0 Å². The molecule has 23 valence electrons. The van der Waals surface area contributed by atoms with E-state index in [9.17, 15) is 0 Å². The monoisotopic (exact) mass is 65.0 g/mol. The second kappa shape index (κ2) is 3.42. The van der Waals surface area contributed by atoms with Crippen LogP contribution < -0.4 is 0 Å². The van der Waals surface area contributed by atoms with E-state index in [1.165, 1.54) is 0 Å². The van der Waals surface area contributed by atoms with Crippen molar-refractivity contribution in [3.05, 3.63) is 0 Å². The molecule has 1 nitrogen and oxygen atoms in total. The Balaban J connectivity index is 3.30. The molecule has 0 fully saturated rings. The molecule has 2 heteroatoms. The maximum absolute atomic E-state index is 6.54. The van der Waals surface area contributed by atoms with Gasteiger partial charge in [-0.25, -0.2) is 0 Å². The molecule has 1 unspecified atom stereocenters. The quantitative estimate of drug-likeness (QED) is 0.300. The summed E-state index contributed by atoms with van der Waals surface area (Å²) >= 11 is 0. The van der Waals surface area contributed by atoms with Gasteiger partial charge in [0.05, 0.1) is 0 Å². The van der Waals surface area contributed by atoms with Crippen molar-refractivity contribution < 1.29 is 1.37 Å². The summed E-state index contributed by atoms with van der Waals surface area (Å²) in [6.07, 6.45) is 4.67. The van der Waals surface area contributed by atoms with Crippen LogP contribution in [0.2, 0.25) is 0 Å². The number of hydrogen-bond acceptors (Lipinski definition) is 1. The molecular formula is C3H3BN. The van der Waals surface area contributed by atoms with Gasteiger partial charge in [0.2, 0.25) is 0 Å². The van der Waals surface area contributed by atoms with E-state index >= 15 is 0 Å². The van der Waals surface area contributed by atoms with Crippen LogP contribution in [-0.2, 0) is 0 Å². The summed E-state index contributed by atoms with van der Waals surface area (Å²) < 4.78 is 6.54. The number of rotatable bonds is 1. The van der Waals surface area contributed by atoms with Crippen LogP contribution in [-0.4, -0.2) is 14.2 Å². The Kier molecular flexibility index (Phi) is 1.82. The minimum atomic E-state index is -0.884. The number of terminal acetylenes is 1. The molecule has 0 spiro atoms. The van der Waals surface area contributed by atoms with E-state index in [4.69, 9.17) is 1.37 Å². The molecule has 0 saturated heterocycles. The van der Waals surface area contributed by atoms with Gasteiger partial charge in [-0.05, 0) is 0 Å². The van der Waals surface area contributed by atoms with E-state index in [1.807, 2.05) is 5.92 Å². The summed E-state index contributed by atoms with van der Waals surface area (Å²) in [6.45, 7) is -0.884. The predicted octanol–water partition coefficient (Wildman–Crippen LogP) is -0.0283. The first kappa shape index (κ1) is 2.65. The summed E-state index contributed by atoms with van der Waals surface area (Å²) in [5, 5.41) is 0. The van der Waals surface area contributed by atoms with E-state index in [0.717, 1.165) is 0 Å². The van der Waals surface area contributed by atoms with E-state index in [0.29, 0.717) is 0 Å². The SMILES string of the molecule is [2H]C(C#C)N=[B]. The van der Waals surface area contributed by atoms with Crippen LogP contribution in [0.3, 0.4) is 0 Å². The summed E-state index contributed by atoms with van der Waals surface area (Å²) in [5.74, 6) is 1.99. The molecular weight excluding hydrogens is 60.9 g/mol. The fraction of sp³-hybridized carbons (Fsp3) is 0.333. The molecule has 0 bridgehead atoms. The zero-order valence-electron chi connectivity index (χ0n) is 3.68. The molecule has 0 rings (SSSR count). The third kappa shape index (κ3) is 3.42. The third-order valence-corrected chi connectivity index (χ3v) is 0.149. The first-order valence-corrected chi connectivity index (χ1v) is 1.09. The third-order valence-electron chi connectivity index (χ3n) is 0.149. The van der Waals surface area contributed by atoms with Crippen LogP contribution in [0.25, 0.3) is 0 Å². The van der Waals surface area contributed by atoms with E-state index in [1.54, 1.807) is 0 Å². The standard InChI is InChI=1S/C3H3BN/c1-2-3-5-4/h1H,3H2/i3D. The maximum atomic E-state index is 6.54. The topological polar surface area (TPSA) is 12.4 Å². The van der Waals surface area contributed by atoms with Crippen molar-refractivity contribution in [1.29, 1.82) is 0 Å². The molecule has 0 aliphatic heterocycles.